The van der Waals surface area contributed by atoms with Crippen LogP contribution in [0.25, 0.3) is 0 Å². The van der Waals surface area contributed by atoms with Crippen molar-refractivity contribution >= 4 is 23.5 Å². The lowest BCUT2D eigenvalue weighted by Crippen LogP contribution is -1.97. The molecule has 0 aliphatic carbocycles. The Morgan fingerprint density at radius 2 is 1.90 bits per heavy atom. The molecule has 0 saturated heterocycles. The fourth-order valence-corrected chi connectivity index (χ4v) is 2.20. The zero-order valence-electron chi connectivity index (χ0n) is 12.4. The highest BCUT2D eigenvalue weighted by molar-refractivity contribution is 6.32. The Hall–Kier alpha value is -2.00. The van der Waals surface area contributed by atoms with Crippen molar-refractivity contribution in [2.45, 2.75) is 13.8 Å². The van der Waals surface area contributed by atoms with Crippen molar-refractivity contribution in [2.75, 3.05) is 13.7 Å². The number of methoxy groups -OCH3 is 1. The Kier molecular flexibility index (Phi) is 5.23. The lowest BCUT2D eigenvalue weighted by molar-refractivity contribution is 0.311. The number of benzene rings is 2. The van der Waals surface area contributed by atoms with Crippen LogP contribution in [0, 0.1) is 6.92 Å². The second-order valence-electron chi connectivity index (χ2n) is 4.56. The Morgan fingerprint density at radius 3 is 2.52 bits per heavy atom. The van der Waals surface area contributed by atoms with Crippen LogP contribution in [-0.4, -0.2) is 19.9 Å². The van der Waals surface area contributed by atoms with Crippen molar-refractivity contribution in [3.8, 4) is 11.5 Å². The quantitative estimate of drug-likeness (QED) is 0.742. The Labute approximate surface area is 130 Å². The first-order chi connectivity index (χ1) is 10.1. The highest BCUT2D eigenvalue weighted by atomic mass is 35.5. The lowest BCUT2D eigenvalue weighted by atomic mass is 10.2. The molecule has 0 heterocycles. The molecule has 0 aromatic heterocycles. The number of aryl methyl sites for hydroxylation is 1. The Bertz CT molecular complexity index is 636. The van der Waals surface area contributed by atoms with Crippen molar-refractivity contribution in [2.24, 2.45) is 4.99 Å². The van der Waals surface area contributed by atoms with Crippen LogP contribution >= 0.6 is 11.6 Å². The molecule has 21 heavy (non-hydrogen) atoms. The topological polar surface area (TPSA) is 30.8 Å². The van der Waals surface area contributed by atoms with E-state index in [1.165, 1.54) is 5.56 Å². The third-order valence-electron chi connectivity index (χ3n) is 2.93. The molecule has 0 atom stereocenters. The van der Waals surface area contributed by atoms with Gasteiger partial charge in [-0.25, -0.2) is 0 Å². The molecule has 0 radical (unpaired) electrons. The normalized spacial score (nSPS) is 10.9. The molecular weight excluding hydrogens is 286 g/mol. The van der Waals surface area contributed by atoms with Crippen molar-refractivity contribution in [1.82, 2.24) is 0 Å². The molecule has 0 aliphatic heterocycles. The Morgan fingerprint density at radius 1 is 1.19 bits per heavy atom. The van der Waals surface area contributed by atoms with Gasteiger partial charge in [-0.2, -0.15) is 0 Å². The summed E-state index contributed by atoms with van der Waals surface area (Å²) >= 11 is 6.21. The van der Waals surface area contributed by atoms with Crippen LogP contribution in [-0.2, 0) is 0 Å². The van der Waals surface area contributed by atoms with Crippen LogP contribution in [0.2, 0.25) is 5.02 Å². The van der Waals surface area contributed by atoms with Crippen LogP contribution in [0.1, 0.15) is 18.1 Å². The molecule has 0 spiro atoms. The van der Waals surface area contributed by atoms with E-state index >= 15 is 0 Å². The van der Waals surface area contributed by atoms with Gasteiger partial charge in [-0.1, -0.05) is 29.3 Å². The molecule has 0 fully saturated rings. The number of nitrogens with zero attached hydrogens (tertiary/aromatic N) is 1. The number of ether oxygens (including phenoxy) is 2. The molecule has 0 bridgehead atoms. The molecule has 0 aliphatic rings. The van der Waals surface area contributed by atoms with E-state index in [4.69, 9.17) is 21.1 Å². The van der Waals surface area contributed by atoms with Crippen molar-refractivity contribution in [3.63, 3.8) is 0 Å². The van der Waals surface area contributed by atoms with Crippen LogP contribution in [0.15, 0.2) is 41.4 Å². The number of halogens is 1. The first-order valence-electron chi connectivity index (χ1n) is 6.75. The molecule has 2 rings (SSSR count). The van der Waals surface area contributed by atoms with Gasteiger partial charge in [0.1, 0.15) is 0 Å². The van der Waals surface area contributed by atoms with Crippen molar-refractivity contribution in [3.05, 3.63) is 52.5 Å². The van der Waals surface area contributed by atoms with Gasteiger partial charge in [0, 0.05) is 6.21 Å². The van der Waals surface area contributed by atoms with Crippen LogP contribution in [0.4, 0.5) is 5.69 Å². The summed E-state index contributed by atoms with van der Waals surface area (Å²) in [5.41, 5.74) is 2.97. The summed E-state index contributed by atoms with van der Waals surface area (Å²) in [6.45, 7) is 4.51. The molecule has 110 valence electrons. The third kappa shape index (κ3) is 3.99. The number of aliphatic imine (C=N–C) groups is 1. The minimum absolute atomic E-state index is 0.508. The van der Waals surface area contributed by atoms with Gasteiger partial charge >= 0.3 is 0 Å². The maximum atomic E-state index is 6.21. The molecule has 0 amide bonds. The van der Waals surface area contributed by atoms with E-state index in [0.29, 0.717) is 23.1 Å². The fraction of sp³-hybridized carbons (Fsp3) is 0.235. The Balaban J connectivity index is 2.29. The van der Waals surface area contributed by atoms with Gasteiger partial charge in [0.05, 0.1) is 24.4 Å². The van der Waals surface area contributed by atoms with E-state index in [9.17, 15) is 0 Å². The minimum atomic E-state index is 0.508. The van der Waals surface area contributed by atoms with Gasteiger partial charge in [0.15, 0.2) is 11.5 Å². The molecule has 2 aromatic carbocycles. The number of hydrogen-bond acceptors (Lipinski definition) is 3. The van der Waals surface area contributed by atoms with Crippen molar-refractivity contribution in [1.29, 1.82) is 0 Å². The first-order valence-corrected chi connectivity index (χ1v) is 7.13. The third-order valence-corrected chi connectivity index (χ3v) is 3.21. The predicted octanol–water partition coefficient (Wildman–Crippen LogP) is 4.81. The van der Waals surface area contributed by atoms with E-state index in [-0.39, 0.29) is 0 Å². The van der Waals surface area contributed by atoms with Crippen molar-refractivity contribution < 1.29 is 9.47 Å². The monoisotopic (exact) mass is 303 g/mol. The predicted molar refractivity (Wildman–Crippen MR) is 87.6 cm³/mol. The van der Waals surface area contributed by atoms with Gasteiger partial charge in [-0.05, 0) is 43.7 Å². The summed E-state index contributed by atoms with van der Waals surface area (Å²) in [5.74, 6) is 1.17. The average Bonchev–Trinajstić information content (AvgIpc) is 2.47. The van der Waals surface area contributed by atoms with E-state index in [1.54, 1.807) is 19.4 Å². The second kappa shape index (κ2) is 7.14. The van der Waals surface area contributed by atoms with E-state index < -0.39 is 0 Å². The minimum Gasteiger partial charge on any atom is -0.491 e. The largest absolute Gasteiger partial charge is 0.491 e. The number of hydrogen-bond donors (Lipinski definition) is 0. The highest BCUT2D eigenvalue weighted by Crippen LogP contribution is 2.36. The maximum Gasteiger partial charge on any atom is 0.179 e. The highest BCUT2D eigenvalue weighted by Gasteiger charge is 2.10. The molecular formula is C17H18ClNO2. The summed E-state index contributed by atoms with van der Waals surface area (Å²) < 4.78 is 10.8. The maximum absolute atomic E-state index is 6.21. The zero-order valence-corrected chi connectivity index (χ0v) is 13.1. The van der Waals surface area contributed by atoms with Gasteiger partial charge in [-0.15, -0.1) is 0 Å². The van der Waals surface area contributed by atoms with Crippen LogP contribution in [0.3, 0.4) is 0 Å². The number of rotatable bonds is 5. The molecule has 3 nitrogen and oxygen atoms in total. The molecule has 4 heteroatoms. The van der Waals surface area contributed by atoms with Crippen LogP contribution in [0.5, 0.6) is 11.5 Å². The van der Waals surface area contributed by atoms with E-state index in [0.717, 1.165) is 11.3 Å². The smallest absolute Gasteiger partial charge is 0.179 e. The summed E-state index contributed by atoms with van der Waals surface area (Å²) in [6, 6.07) is 11.7. The summed E-state index contributed by atoms with van der Waals surface area (Å²) in [6.07, 6.45) is 1.76. The average molecular weight is 304 g/mol. The van der Waals surface area contributed by atoms with Gasteiger partial charge in [0.2, 0.25) is 0 Å². The standard InChI is InChI=1S/C17H18ClNO2/c1-4-21-16-10-13(9-15(18)17(16)20-3)11-19-14-7-5-12(2)6-8-14/h5-11H,4H2,1-3H3. The summed E-state index contributed by atoms with van der Waals surface area (Å²) in [7, 11) is 1.57. The van der Waals surface area contributed by atoms with Gasteiger partial charge < -0.3 is 9.47 Å². The van der Waals surface area contributed by atoms with E-state index in [2.05, 4.69) is 4.99 Å². The fourth-order valence-electron chi connectivity index (χ4n) is 1.90. The summed E-state index contributed by atoms with van der Waals surface area (Å²) in [5, 5.41) is 0.508. The second-order valence-corrected chi connectivity index (χ2v) is 4.97. The molecule has 2 aromatic rings. The summed E-state index contributed by atoms with van der Waals surface area (Å²) in [4.78, 5) is 4.44. The first kappa shape index (κ1) is 15.4. The van der Waals surface area contributed by atoms with Gasteiger partial charge in [0.25, 0.3) is 0 Å². The molecule has 0 unspecified atom stereocenters. The van der Waals surface area contributed by atoms with Crippen LogP contribution < -0.4 is 9.47 Å². The molecule has 0 saturated carbocycles. The molecule has 0 N–H and O–H groups in total. The van der Waals surface area contributed by atoms with E-state index in [1.807, 2.05) is 44.2 Å². The zero-order chi connectivity index (χ0) is 15.2. The van der Waals surface area contributed by atoms with Gasteiger partial charge in [-0.3, -0.25) is 4.99 Å². The lowest BCUT2D eigenvalue weighted by Gasteiger charge is -2.11. The SMILES string of the molecule is CCOc1cc(C=Nc2ccc(C)cc2)cc(Cl)c1OC.